The van der Waals surface area contributed by atoms with E-state index in [9.17, 15) is 16.8 Å². The van der Waals surface area contributed by atoms with Crippen LogP contribution in [0.2, 0.25) is 0 Å². The van der Waals surface area contributed by atoms with Crippen molar-refractivity contribution in [1.82, 2.24) is 0 Å². The van der Waals surface area contributed by atoms with Gasteiger partial charge in [-0.2, -0.15) is 0 Å². The average Bonchev–Trinajstić information content (AvgIpc) is 2.62. The predicted octanol–water partition coefficient (Wildman–Crippen LogP) is 2.52. The zero-order valence-corrected chi connectivity index (χ0v) is 15.2. The predicted molar refractivity (Wildman–Crippen MR) is 99.1 cm³/mol. The van der Waals surface area contributed by atoms with Gasteiger partial charge >= 0.3 is 0 Å². The molecule has 0 radical (unpaired) electrons. The lowest BCUT2D eigenvalue weighted by Gasteiger charge is -2.13. The molecule has 0 aliphatic heterocycles. The van der Waals surface area contributed by atoms with Crippen LogP contribution >= 0.6 is 0 Å². The highest BCUT2D eigenvalue weighted by atomic mass is 32.2. The van der Waals surface area contributed by atoms with Gasteiger partial charge in [-0.1, -0.05) is 24.3 Å². The SMILES string of the molecule is Nc1ccc(S(=O)(=O)c2ccccc2S(=O)(=O)c2ccccc2N)cc1. The van der Waals surface area contributed by atoms with Gasteiger partial charge in [-0.05, 0) is 48.5 Å². The minimum atomic E-state index is -4.13. The van der Waals surface area contributed by atoms with Crippen LogP contribution in [0.3, 0.4) is 0 Å². The molecule has 8 heteroatoms. The molecule has 6 nitrogen and oxygen atoms in total. The quantitative estimate of drug-likeness (QED) is 0.663. The Hall–Kier alpha value is -2.84. The second-order valence-electron chi connectivity index (χ2n) is 5.56. The third-order valence-electron chi connectivity index (χ3n) is 3.83. The van der Waals surface area contributed by atoms with Gasteiger partial charge in [0.15, 0.2) is 0 Å². The fourth-order valence-corrected chi connectivity index (χ4v) is 5.97. The summed E-state index contributed by atoms with van der Waals surface area (Å²) in [7, 11) is -8.19. The Kier molecular flexibility index (Phi) is 4.47. The van der Waals surface area contributed by atoms with Crippen molar-refractivity contribution in [2.75, 3.05) is 11.5 Å². The largest absolute Gasteiger partial charge is 0.399 e. The number of hydrogen-bond acceptors (Lipinski definition) is 6. The van der Waals surface area contributed by atoms with E-state index in [0.717, 1.165) is 0 Å². The summed E-state index contributed by atoms with van der Waals surface area (Å²) >= 11 is 0. The van der Waals surface area contributed by atoms with Crippen LogP contribution in [0, 0.1) is 0 Å². The molecule has 0 unspecified atom stereocenters. The molecule has 0 aliphatic carbocycles. The minimum Gasteiger partial charge on any atom is -0.399 e. The Morgan fingerprint density at radius 3 is 1.54 bits per heavy atom. The minimum absolute atomic E-state index is 0.0459. The van der Waals surface area contributed by atoms with E-state index in [1.54, 1.807) is 6.07 Å². The van der Waals surface area contributed by atoms with Gasteiger partial charge in [-0.25, -0.2) is 16.8 Å². The molecule has 0 amide bonds. The average molecular weight is 388 g/mol. The molecule has 0 aliphatic rings. The maximum Gasteiger partial charge on any atom is 0.209 e. The molecular weight excluding hydrogens is 372 g/mol. The maximum absolute atomic E-state index is 13.0. The lowest BCUT2D eigenvalue weighted by molar-refractivity contribution is 0.583. The van der Waals surface area contributed by atoms with Crippen LogP contribution in [0.5, 0.6) is 0 Å². The molecule has 3 aromatic carbocycles. The van der Waals surface area contributed by atoms with Gasteiger partial charge in [-0.15, -0.1) is 0 Å². The summed E-state index contributed by atoms with van der Waals surface area (Å²) in [6, 6.07) is 16.9. The number of anilines is 2. The highest BCUT2D eigenvalue weighted by Crippen LogP contribution is 2.33. The maximum atomic E-state index is 13.0. The van der Waals surface area contributed by atoms with Crippen molar-refractivity contribution in [3.8, 4) is 0 Å². The molecule has 0 atom stereocenters. The van der Waals surface area contributed by atoms with E-state index < -0.39 is 19.7 Å². The van der Waals surface area contributed by atoms with Crippen molar-refractivity contribution >= 4 is 31.0 Å². The van der Waals surface area contributed by atoms with Crippen molar-refractivity contribution in [2.45, 2.75) is 19.6 Å². The first-order valence-electron chi connectivity index (χ1n) is 7.54. The van der Waals surface area contributed by atoms with Gasteiger partial charge in [0.1, 0.15) is 0 Å². The first-order chi connectivity index (χ1) is 12.2. The third kappa shape index (κ3) is 3.04. The smallest absolute Gasteiger partial charge is 0.209 e. The Morgan fingerprint density at radius 2 is 1.00 bits per heavy atom. The summed E-state index contributed by atoms with van der Waals surface area (Å²) in [6.45, 7) is 0. The van der Waals surface area contributed by atoms with E-state index in [4.69, 9.17) is 11.5 Å². The molecule has 3 aromatic rings. The summed E-state index contributed by atoms with van der Waals surface area (Å²) < 4.78 is 52.1. The molecule has 0 aromatic heterocycles. The summed E-state index contributed by atoms with van der Waals surface area (Å²) in [5, 5.41) is 0. The number of sulfone groups is 2. The van der Waals surface area contributed by atoms with Crippen LogP contribution < -0.4 is 11.5 Å². The molecule has 0 bridgehead atoms. The summed E-state index contributed by atoms with van der Waals surface area (Å²) in [5.74, 6) is 0. The first-order valence-corrected chi connectivity index (χ1v) is 10.5. The number of rotatable bonds is 4. The number of nitrogen functional groups attached to an aromatic ring is 2. The van der Waals surface area contributed by atoms with Gasteiger partial charge in [0.2, 0.25) is 19.7 Å². The van der Waals surface area contributed by atoms with E-state index in [1.807, 2.05) is 0 Å². The van der Waals surface area contributed by atoms with Crippen LogP contribution in [0.4, 0.5) is 11.4 Å². The Bertz CT molecular complexity index is 1170. The van der Waals surface area contributed by atoms with E-state index >= 15 is 0 Å². The summed E-state index contributed by atoms with van der Waals surface area (Å²) in [6.07, 6.45) is 0. The number of nitrogens with two attached hydrogens (primary N) is 2. The second kappa shape index (κ2) is 6.47. The summed E-state index contributed by atoms with van der Waals surface area (Å²) in [4.78, 5) is -0.821. The van der Waals surface area contributed by atoms with Crippen molar-refractivity contribution in [1.29, 1.82) is 0 Å². The number of benzene rings is 3. The molecule has 26 heavy (non-hydrogen) atoms. The van der Waals surface area contributed by atoms with Crippen LogP contribution in [0.15, 0.2) is 92.4 Å². The highest BCUT2D eigenvalue weighted by Gasteiger charge is 2.29. The molecular formula is C18H16N2O4S2. The second-order valence-corrected chi connectivity index (χ2v) is 9.37. The van der Waals surface area contributed by atoms with Gasteiger partial charge in [-0.3, -0.25) is 0 Å². The molecule has 0 heterocycles. The molecule has 0 spiro atoms. The van der Waals surface area contributed by atoms with Crippen LogP contribution in [0.1, 0.15) is 0 Å². The molecule has 134 valence electrons. The van der Waals surface area contributed by atoms with Gasteiger partial charge in [0, 0.05) is 5.69 Å². The van der Waals surface area contributed by atoms with Gasteiger partial charge in [0.05, 0.1) is 25.3 Å². The van der Waals surface area contributed by atoms with E-state index in [1.165, 1.54) is 66.7 Å². The topological polar surface area (TPSA) is 120 Å². The Balaban J connectivity index is 2.25. The summed E-state index contributed by atoms with van der Waals surface area (Å²) in [5.41, 5.74) is 11.8. The lowest BCUT2D eigenvalue weighted by Crippen LogP contribution is -2.12. The molecule has 3 rings (SSSR count). The molecule has 0 fully saturated rings. The van der Waals surface area contributed by atoms with Crippen molar-refractivity contribution in [2.24, 2.45) is 0 Å². The number of hydrogen-bond donors (Lipinski definition) is 2. The fourth-order valence-electron chi connectivity index (χ4n) is 2.51. The highest BCUT2D eigenvalue weighted by molar-refractivity contribution is 7.94. The van der Waals surface area contributed by atoms with Crippen molar-refractivity contribution < 1.29 is 16.8 Å². The normalized spacial score (nSPS) is 12.0. The van der Waals surface area contributed by atoms with Crippen LogP contribution in [-0.2, 0) is 19.7 Å². The zero-order chi connectivity index (χ0) is 18.9. The molecule has 0 saturated heterocycles. The van der Waals surface area contributed by atoms with Gasteiger partial charge < -0.3 is 11.5 Å². The van der Waals surface area contributed by atoms with Crippen molar-refractivity contribution in [3.63, 3.8) is 0 Å². The van der Waals surface area contributed by atoms with E-state index in [2.05, 4.69) is 0 Å². The first kappa shape index (κ1) is 18.0. The van der Waals surface area contributed by atoms with Crippen molar-refractivity contribution in [3.05, 3.63) is 72.8 Å². The Labute approximate surface area is 151 Å². The van der Waals surface area contributed by atoms with E-state index in [-0.39, 0.29) is 25.3 Å². The third-order valence-corrected chi connectivity index (χ3v) is 7.67. The molecule has 0 saturated carbocycles. The standard InChI is InChI=1S/C18H16N2O4S2/c19-13-9-11-14(12-10-13)25(21,22)17-7-3-4-8-18(17)26(23,24)16-6-2-1-5-15(16)20/h1-12H,19-20H2. The molecule has 4 N–H and O–H groups in total. The lowest BCUT2D eigenvalue weighted by atomic mass is 10.3. The Morgan fingerprint density at radius 1 is 0.538 bits per heavy atom. The number of para-hydroxylation sites is 1. The van der Waals surface area contributed by atoms with Crippen LogP contribution in [-0.4, -0.2) is 16.8 Å². The monoisotopic (exact) mass is 388 g/mol. The van der Waals surface area contributed by atoms with Crippen LogP contribution in [0.25, 0.3) is 0 Å². The van der Waals surface area contributed by atoms with Gasteiger partial charge in [0.25, 0.3) is 0 Å². The van der Waals surface area contributed by atoms with E-state index in [0.29, 0.717) is 5.69 Å². The zero-order valence-electron chi connectivity index (χ0n) is 13.5. The fraction of sp³-hybridized carbons (Fsp3) is 0.